The molecule has 23 nitrogen and oxygen atoms in total. The monoisotopic (exact) mass is 1740 g/mol. The van der Waals surface area contributed by atoms with Crippen molar-refractivity contribution >= 4 is 26.5 Å². The Labute approximate surface area is 736 Å². The van der Waals surface area contributed by atoms with E-state index in [2.05, 4.69) is 141 Å². The minimum atomic E-state index is -2.26. The molecule has 123 heavy (non-hydrogen) atoms. The SMILES string of the molecule is CCC1O[C@@H](OC2[C@H](O[C@H]3CCC4(C)C5CC=C6C7CC(C)(C)CC[C@]7(NC(=O)O[C@@H]7OC(COCc8ccccc8)[C@H](N)C(C)C7O[C@@H]7OC(C)[C@H](O[C@@H]8OC[C@@H](C)C(OCc9ccccc9)C8C)C8OC(C)(C)OC87)C(OC)C[C@@]6(C)[C@@]5(C)CC[C@H]4[C@@]3(C)C=O)OC(C(C)=O)[C@@H](C)[C@@H]2O[C@@H]2OC[C@@H](C)[C@@H](C)C2C)C(O[Si](CC)(CC)CC)[C@@H](C)[C@@H]1C. The van der Waals surface area contributed by atoms with Gasteiger partial charge < -0.3 is 101 Å². The molecule has 3 N–H and O–H groups in total. The molecule has 5 aliphatic carbocycles. The Kier molecular flexibility index (Phi) is 29.4. The molecule has 4 saturated carbocycles. The van der Waals surface area contributed by atoms with E-state index in [1.54, 1.807) is 14.0 Å². The van der Waals surface area contributed by atoms with Crippen LogP contribution in [0.2, 0.25) is 18.1 Å². The Bertz CT molecular complexity index is 3890. The number of nitrogens with two attached hydrogens (primary N) is 1. The van der Waals surface area contributed by atoms with Gasteiger partial charge in [-0.3, -0.25) is 4.79 Å². The summed E-state index contributed by atoms with van der Waals surface area (Å²) < 4.78 is 126. The first-order valence-electron chi connectivity index (χ1n) is 47.7. The number of benzene rings is 2. The summed E-state index contributed by atoms with van der Waals surface area (Å²) in [5.74, 6) is -1.38. The summed E-state index contributed by atoms with van der Waals surface area (Å²) in [6.45, 7) is 51.9. The highest BCUT2D eigenvalue weighted by atomic mass is 28.4. The lowest BCUT2D eigenvalue weighted by Gasteiger charge is -2.72. The Morgan fingerprint density at radius 2 is 1.19 bits per heavy atom. The number of allylic oxidation sites excluding steroid dienone is 1. The second-order valence-electron chi connectivity index (χ2n) is 42.6. The van der Waals surface area contributed by atoms with Gasteiger partial charge in [-0.15, -0.1) is 0 Å². The van der Waals surface area contributed by atoms with Gasteiger partial charge in [-0.05, 0) is 178 Å². The van der Waals surface area contributed by atoms with Crippen LogP contribution >= 0.6 is 0 Å². The van der Waals surface area contributed by atoms with Gasteiger partial charge in [0.2, 0.25) is 6.29 Å². The quantitative estimate of drug-likeness (QED) is 0.0347. The molecule has 0 bridgehead atoms. The number of methoxy groups -OCH3 is 1. The van der Waals surface area contributed by atoms with Gasteiger partial charge in [0, 0.05) is 48.7 Å². The Hall–Kier alpha value is -3.71. The maximum atomic E-state index is 15.9. The average molecular weight is 1740 g/mol. The minimum absolute atomic E-state index is 0.0283. The highest BCUT2D eigenvalue weighted by Crippen LogP contribution is 2.75. The normalized spacial score (nSPS) is 46.5. The molecule has 17 unspecified atom stereocenters. The molecule has 0 radical (unpaired) electrons. The fraction of sp³-hybridized carbons (Fsp3) is 0.828. The number of nitrogens with one attached hydrogen (secondary N) is 1. The van der Waals surface area contributed by atoms with Crippen LogP contribution in [-0.2, 0) is 108 Å². The molecule has 692 valence electrons. The zero-order valence-corrected chi connectivity index (χ0v) is 79.9. The van der Waals surface area contributed by atoms with Crippen LogP contribution in [0.15, 0.2) is 72.3 Å². The van der Waals surface area contributed by atoms with Gasteiger partial charge in [0.1, 0.15) is 49.0 Å². The van der Waals surface area contributed by atoms with Gasteiger partial charge in [-0.25, -0.2) is 4.79 Å². The van der Waals surface area contributed by atoms with Crippen LogP contribution in [0.25, 0.3) is 0 Å². The molecule has 14 rings (SSSR count). The van der Waals surface area contributed by atoms with Crippen molar-refractivity contribution in [2.45, 2.75) is 395 Å². The van der Waals surface area contributed by atoms with Crippen molar-refractivity contribution < 1.29 is 99.3 Å². The van der Waals surface area contributed by atoms with Crippen molar-refractivity contribution in [3.8, 4) is 0 Å². The third-order valence-corrected chi connectivity index (χ3v) is 39.1. The average Bonchev–Trinajstić information content (AvgIpc) is 1.03. The molecule has 24 heteroatoms. The number of aldehydes is 1. The number of hydrogen-bond acceptors (Lipinski definition) is 22. The van der Waals surface area contributed by atoms with Crippen molar-refractivity contribution in [2.75, 3.05) is 26.9 Å². The number of hydrogen-bond donors (Lipinski definition) is 2. The summed E-state index contributed by atoms with van der Waals surface area (Å²) in [4.78, 5) is 45.0. The second-order valence-corrected chi connectivity index (χ2v) is 47.3. The summed E-state index contributed by atoms with van der Waals surface area (Å²) in [5, 5.41) is 3.66. The predicted octanol–water partition coefficient (Wildman–Crippen LogP) is 17.4. The third-order valence-electron chi connectivity index (χ3n) is 34.5. The summed E-state index contributed by atoms with van der Waals surface area (Å²) in [7, 11) is -0.459. The number of alkyl carbamates (subject to hydrolysis) is 1. The Morgan fingerprint density at radius 3 is 1.84 bits per heavy atom. The molecule has 2 aromatic rings. The zero-order chi connectivity index (χ0) is 88.6. The fourth-order valence-corrected chi connectivity index (χ4v) is 28.7. The Balaban J connectivity index is 0.732. The third kappa shape index (κ3) is 18.2. The van der Waals surface area contributed by atoms with E-state index in [4.69, 9.17) is 90.7 Å². The van der Waals surface area contributed by atoms with Gasteiger partial charge in [0.25, 0.3) is 0 Å². The van der Waals surface area contributed by atoms with Gasteiger partial charge >= 0.3 is 6.09 Å². The van der Waals surface area contributed by atoms with E-state index in [-0.39, 0.29) is 88.2 Å². The lowest BCUT2D eigenvalue weighted by atomic mass is 9.34. The topological polar surface area (TPSA) is 255 Å². The summed E-state index contributed by atoms with van der Waals surface area (Å²) >= 11 is 0. The molecule has 11 fully saturated rings. The second kappa shape index (κ2) is 37.9. The van der Waals surface area contributed by atoms with Crippen molar-refractivity contribution in [2.24, 2.45) is 104 Å². The fourth-order valence-electron chi connectivity index (χ4n) is 25.7. The van der Waals surface area contributed by atoms with E-state index >= 15 is 4.79 Å². The van der Waals surface area contributed by atoms with Crippen LogP contribution in [0.1, 0.15) is 235 Å². The van der Waals surface area contributed by atoms with E-state index < -0.39 is 165 Å². The minimum Gasteiger partial charge on any atom is -0.417 e. The molecule has 7 aliphatic heterocycles. The lowest BCUT2D eigenvalue weighted by Crippen LogP contribution is -2.73. The van der Waals surface area contributed by atoms with E-state index in [9.17, 15) is 9.59 Å². The number of carbonyl (C=O) groups excluding carboxylic acids is 3. The highest BCUT2D eigenvalue weighted by Gasteiger charge is 2.72. The molecular formula is C99H156N2O21Si. The molecule has 1 amide bonds. The first kappa shape index (κ1) is 95.4. The smallest absolute Gasteiger partial charge is 0.410 e. The summed E-state index contributed by atoms with van der Waals surface area (Å²) in [5.41, 5.74) is 7.64. The Morgan fingerprint density at radius 1 is 0.569 bits per heavy atom. The van der Waals surface area contributed by atoms with Crippen LogP contribution in [0.5, 0.6) is 0 Å². The number of amides is 1. The van der Waals surface area contributed by atoms with E-state index in [1.165, 1.54) is 11.9 Å². The molecule has 7 heterocycles. The van der Waals surface area contributed by atoms with Gasteiger partial charge in [-0.1, -0.05) is 204 Å². The molecule has 7 saturated heterocycles. The van der Waals surface area contributed by atoms with E-state index in [1.807, 2.05) is 83.1 Å². The number of fused-ring (bicyclic) bond motifs is 8. The number of ketones is 1. The first-order valence-corrected chi connectivity index (χ1v) is 50.2. The van der Waals surface area contributed by atoms with Gasteiger partial charge in [0.05, 0.1) is 86.7 Å². The molecule has 12 aliphatic rings. The maximum absolute atomic E-state index is 15.9. The van der Waals surface area contributed by atoms with Crippen molar-refractivity contribution in [3.63, 3.8) is 0 Å². The van der Waals surface area contributed by atoms with Crippen LogP contribution in [0, 0.1) is 98.1 Å². The van der Waals surface area contributed by atoms with Crippen LogP contribution < -0.4 is 11.1 Å². The van der Waals surface area contributed by atoms with Crippen molar-refractivity contribution in [3.05, 3.63) is 83.4 Å². The van der Waals surface area contributed by atoms with E-state index in [0.717, 1.165) is 74.2 Å². The predicted molar refractivity (Wildman–Crippen MR) is 468 cm³/mol. The number of carbonyl (C=O) groups is 3. The van der Waals surface area contributed by atoms with Crippen molar-refractivity contribution in [1.29, 1.82) is 0 Å². The van der Waals surface area contributed by atoms with Crippen LogP contribution in [0.3, 0.4) is 0 Å². The lowest BCUT2D eigenvalue weighted by molar-refractivity contribution is -0.376. The van der Waals surface area contributed by atoms with Gasteiger partial charge in [-0.2, -0.15) is 0 Å². The molecule has 2 aromatic carbocycles. The standard InChI is InChI=1S/C99H156N2O21Si/c1-25-70-58(8)59(9)81(122-123(26-2,27-3)28-4)89(111-70)118-84-79(115-86-60(10)57(7)55(5)49-108-86)62(12)78(64(14)103)114-90(84)113-74-42-43-95(20)72(96(74,21)54-102)41-44-97(22)73(95)40-39-68-69-47-93(16,17)45-46-99(69,75(105-24)48-98(68,97)23)101-92(104)119-88-80(61(11)76(100)71(112-88)53-106-51-66-35-31-29-32-36-66)116-91-85-83(120-94(18,19)121-85)82(65(15)110-91)117-87-63(13)77(56(6)50-109-87)107-52-67-37-33-30-34-38-67/h29-39,54-63,65,69-91H,25-28,40-53,100H2,1-24H3,(H,101,104)/t55-,56-,57-,58+,59+,60?,61?,62-,63?,65?,69?,70?,71?,72-,73?,74+,75?,76-,77?,78?,79+,80?,81?,82+,83?,84?,85?,86+,87+,88+,89+,90-,91+,95?,96-,97+,98-,99-/m1/s1. The number of rotatable bonds is 28. The summed E-state index contributed by atoms with van der Waals surface area (Å²) in [6.07, 6.45) is -3.80. The first-order chi connectivity index (χ1) is 58.3. The van der Waals surface area contributed by atoms with Crippen LogP contribution in [-0.4, -0.2) is 194 Å². The van der Waals surface area contributed by atoms with Gasteiger partial charge in [0.15, 0.2) is 51.3 Å². The zero-order valence-electron chi connectivity index (χ0n) is 78.9. The molecule has 0 spiro atoms. The van der Waals surface area contributed by atoms with Crippen molar-refractivity contribution in [1.82, 2.24) is 5.32 Å². The molecule has 0 aromatic heterocycles. The summed E-state index contributed by atoms with van der Waals surface area (Å²) in [6, 6.07) is 22.4. The molecule has 38 atom stereocenters. The number of ether oxygens (including phenoxy) is 17. The highest BCUT2D eigenvalue weighted by molar-refractivity contribution is 6.73. The number of Topliss-reactive ketones (excluding diaryl/α,β-unsaturated/α-hetero) is 1. The molecular weight excluding hydrogens is 1580 g/mol. The maximum Gasteiger partial charge on any atom is 0.410 e. The van der Waals surface area contributed by atoms with E-state index in [0.29, 0.717) is 57.5 Å². The van der Waals surface area contributed by atoms with Crippen LogP contribution in [0.4, 0.5) is 4.79 Å². The largest absolute Gasteiger partial charge is 0.417 e.